The second-order valence-corrected chi connectivity index (χ2v) is 8.58. The fourth-order valence-corrected chi connectivity index (χ4v) is 5.19. The predicted molar refractivity (Wildman–Crippen MR) is 100 cm³/mol. The molecular weight excluding hydrogens is 332 g/mol. The molecule has 1 aliphatic heterocycles. The number of likely N-dealkylation sites (N-methyl/N-ethyl adjacent to an activating group) is 1. The van der Waals surface area contributed by atoms with Crippen LogP contribution < -0.4 is 0 Å². The summed E-state index contributed by atoms with van der Waals surface area (Å²) in [5.41, 5.74) is 1.86. The van der Waals surface area contributed by atoms with E-state index in [1.54, 1.807) is 24.3 Å². The zero-order chi connectivity index (χ0) is 17.4. The fraction of sp³-hybridized carbons (Fsp3) is 0.300. The van der Waals surface area contributed by atoms with Crippen molar-refractivity contribution in [2.24, 2.45) is 0 Å². The van der Waals surface area contributed by atoms with Crippen LogP contribution in [0.15, 0.2) is 65.7 Å². The molecule has 5 heteroatoms. The van der Waals surface area contributed by atoms with Gasteiger partial charge < -0.3 is 4.90 Å². The number of rotatable bonds is 4. The van der Waals surface area contributed by atoms with E-state index in [2.05, 4.69) is 11.9 Å². The van der Waals surface area contributed by atoms with E-state index in [4.69, 9.17) is 0 Å². The summed E-state index contributed by atoms with van der Waals surface area (Å²) in [5, 5.41) is 1.03. The van der Waals surface area contributed by atoms with Crippen molar-refractivity contribution in [1.29, 1.82) is 0 Å². The molecule has 2 aromatic carbocycles. The average Bonchev–Trinajstić information content (AvgIpc) is 3.21. The van der Waals surface area contributed by atoms with Crippen LogP contribution in [-0.2, 0) is 16.4 Å². The first-order valence-corrected chi connectivity index (χ1v) is 10.1. The summed E-state index contributed by atoms with van der Waals surface area (Å²) >= 11 is 0. The van der Waals surface area contributed by atoms with Gasteiger partial charge in [0.25, 0.3) is 10.0 Å². The molecule has 0 N–H and O–H groups in total. The van der Waals surface area contributed by atoms with Crippen LogP contribution in [0.3, 0.4) is 0 Å². The van der Waals surface area contributed by atoms with Crippen LogP contribution in [0, 0.1) is 0 Å². The minimum atomic E-state index is -3.59. The molecule has 1 saturated heterocycles. The normalized spacial score (nSPS) is 18.8. The minimum Gasteiger partial charge on any atom is -0.303 e. The molecule has 0 spiro atoms. The van der Waals surface area contributed by atoms with Crippen molar-refractivity contribution >= 4 is 20.9 Å². The molecule has 3 aromatic rings. The van der Waals surface area contributed by atoms with Gasteiger partial charge in [0.2, 0.25) is 0 Å². The van der Waals surface area contributed by atoms with Gasteiger partial charge >= 0.3 is 0 Å². The molecule has 2 heterocycles. The quantitative estimate of drug-likeness (QED) is 0.720. The lowest BCUT2D eigenvalue weighted by molar-refractivity contribution is 0.310. The molecule has 1 aliphatic rings. The molecule has 4 nitrogen and oxygen atoms in total. The van der Waals surface area contributed by atoms with Gasteiger partial charge in [-0.2, -0.15) is 0 Å². The maximum Gasteiger partial charge on any atom is 0.268 e. The smallest absolute Gasteiger partial charge is 0.268 e. The van der Waals surface area contributed by atoms with Crippen molar-refractivity contribution in [3.8, 4) is 0 Å². The van der Waals surface area contributed by atoms with Crippen LogP contribution in [0.2, 0.25) is 0 Å². The first-order chi connectivity index (χ1) is 12.1. The van der Waals surface area contributed by atoms with Crippen LogP contribution in [0.5, 0.6) is 0 Å². The van der Waals surface area contributed by atoms with E-state index in [1.165, 1.54) is 16.8 Å². The maximum absolute atomic E-state index is 13.1. The van der Waals surface area contributed by atoms with E-state index in [9.17, 15) is 8.42 Å². The van der Waals surface area contributed by atoms with Gasteiger partial charge in [0.05, 0.1) is 10.4 Å². The van der Waals surface area contributed by atoms with Crippen molar-refractivity contribution in [3.63, 3.8) is 0 Å². The van der Waals surface area contributed by atoms with Gasteiger partial charge in [0, 0.05) is 17.6 Å². The first kappa shape index (κ1) is 16.4. The third kappa shape index (κ3) is 2.87. The maximum atomic E-state index is 13.1. The summed E-state index contributed by atoms with van der Waals surface area (Å²) in [5.74, 6) is 0. The number of aromatic nitrogens is 1. The molecule has 0 saturated carbocycles. The lowest BCUT2D eigenvalue weighted by atomic mass is 10.0. The van der Waals surface area contributed by atoms with Crippen LogP contribution in [0.1, 0.15) is 18.4 Å². The largest absolute Gasteiger partial charge is 0.303 e. The Bertz CT molecular complexity index is 993. The summed E-state index contributed by atoms with van der Waals surface area (Å²) < 4.78 is 27.7. The Morgan fingerprint density at radius 2 is 1.76 bits per heavy atom. The number of likely N-dealkylation sites (tertiary alicyclic amines) is 1. The number of nitrogens with zero attached hydrogens (tertiary/aromatic N) is 2. The molecule has 25 heavy (non-hydrogen) atoms. The van der Waals surface area contributed by atoms with Crippen molar-refractivity contribution in [3.05, 3.63) is 66.4 Å². The summed E-state index contributed by atoms with van der Waals surface area (Å²) in [6, 6.07) is 16.9. The molecule has 1 atom stereocenters. The van der Waals surface area contributed by atoms with Gasteiger partial charge in [0.15, 0.2) is 0 Å². The number of para-hydroxylation sites is 1. The van der Waals surface area contributed by atoms with Gasteiger partial charge in [-0.1, -0.05) is 36.4 Å². The number of hydrogen-bond acceptors (Lipinski definition) is 3. The topological polar surface area (TPSA) is 42.3 Å². The molecule has 0 amide bonds. The SMILES string of the molecule is CN1CCCC1Cc1cn(S(=O)(=O)c2ccccc2)c2ccccc12. The van der Waals surface area contributed by atoms with Crippen LogP contribution in [-0.4, -0.2) is 36.9 Å². The summed E-state index contributed by atoms with van der Waals surface area (Å²) in [7, 11) is -1.44. The summed E-state index contributed by atoms with van der Waals surface area (Å²) in [6.45, 7) is 1.12. The van der Waals surface area contributed by atoms with E-state index in [-0.39, 0.29) is 0 Å². The van der Waals surface area contributed by atoms with Crippen LogP contribution >= 0.6 is 0 Å². The Hall–Kier alpha value is -2.11. The highest BCUT2D eigenvalue weighted by molar-refractivity contribution is 7.90. The zero-order valence-electron chi connectivity index (χ0n) is 14.3. The molecule has 130 valence electrons. The van der Waals surface area contributed by atoms with E-state index < -0.39 is 10.0 Å². The monoisotopic (exact) mass is 354 g/mol. The standard InChI is InChI=1S/C20H22N2O2S/c1-21-13-7-8-17(21)14-16-15-22(20-12-6-5-11-19(16)20)25(23,24)18-9-3-2-4-10-18/h2-6,9-12,15,17H,7-8,13-14H2,1H3. The van der Waals surface area contributed by atoms with Crippen LogP contribution in [0.25, 0.3) is 10.9 Å². The van der Waals surface area contributed by atoms with E-state index >= 15 is 0 Å². The van der Waals surface area contributed by atoms with Gasteiger partial charge in [-0.05, 0) is 56.6 Å². The summed E-state index contributed by atoms with van der Waals surface area (Å²) in [6.07, 6.45) is 5.08. The lowest BCUT2D eigenvalue weighted by Crippen LogP contribution is -2.26. The number of hydrogen-bond donors (Lipinski definition) is 0. The van der Waals surface area contributed by atoms with Gasteiger partial charge in [-0.3, -0.25) is 0 Å². The predicted octanol–water partition coefficient (Wildman–Crippen LogP) is 3.52. The molecule has 1 aromatic heterocycles. The molecule has 0 aliphatic carbocycles. The first-order valence-electron chi connectivity index (χ1n) is 8.67. The molecule has 1 unspecified atom stereocenters. The lowest BCUT2D eigenvalue weighted by Gasteiger charge is -2.18. The van der Waals surface area contributed by atoms with Crippen molar-refractivity contribution in [1.82, 2.24) is 8.87 Å². The fourth-order valence-electron chi connectivity index (χ4n) is 3.78. The highest BCUT2D eigenvalue weighted by Crippen LogP contribution is 2.29. The molecule has 4 rings (SSSR count). The number of fused-ring (bicyclic) bond motifs is 1. The Labute approximate surface area is 148 Å². The van der Waals surface area contributed by atoms with E-state index in [0.717, 1.165) is 29.4 Å². The Morgan fingerprint density at radius 3 is 2.48 bits per heavy atom. The van der Waals surface area contributed by atoms with Crippen molar-refractivity contribution in [2.45, 2.75) is 30.2 Å². The van der Waals surface area contributed by atoms with Crippen molar-refractivity contribution < 1.29 is 8.42 Å². The number of benzene rings is 2. The Balaban J connectivity index is 1.83. The van der Waals surface area contributed by atoms with Gasteiger partial charge in [0.1, 0.15) is 0 Å². The third-order valence-corrected chi connectivity index (χ3v) is 6.88. The van der Waals surface area contributed by atoms with Gasteiger partial charge in [-0.15, -0.1) is 0 Å². The van der Waals surface area contributed by atoms with E-state index in [0.29, 0.717) is 10.9 Å². The van der Waals surface area contributed by atoms with E-state index in [1.807, 2.05) is 36.5 Å². The highest BCUT2D eigenvalue weighted by Gasteiger charge is 2.25. The third-order valence-electron chi connectivity index (χ3n) is 5.19. The molecule has 0 radical (unpaired) electrons. The second-order valence-electron chi connectivity index (χ2n) is 6.77. The summed E-state index contributed by atoms with van der Waals surface area (Å²) in [4.78, 5) is 2.69. The zero-order valence-corrected chi connectivity index (χ0v) is 15.1. The Kier molecular flexibility index (Phi) is 4.13. The molecule has 0 bridgehead atoms. The average molecular weight is 354 g/mol. The molecular formula is C20H22N2O2S. The minimum absolute atomic E-state index is 0.320. The Morgan fingerprint density at radius 1 is 1.04 bits per heavy atom. The van der Waals surface area contributed by atoms with Crippen molar-refractivity contribution in [2.75, 3.05) is 13.6 Å². The highest BCUT2D eigenvalue weighted by atomic mass is 32.2. The second kappa shape index (κ2) is 6.32. The van der Waals surface area contributed by atoms with Gasteiger partial charge in [-0.25, -0.2) is 12.4 Å². The molecule has 1 fully saturated rings. The van der Waals surface area contributed by atoms with Crippen LogP contribution in [0.4, 0.5) is 0 Å².